The fourth-order valence-corrected chi connectivity index (χ4v) is 3.97. The first-order valence-corrected chi connectivity index (χ1v) is 7.93. The van der Waals surface area contributed by atoms with Crippen LogP contribution in [0.3, 0.4) is 0 Å². The minimum absolute atomic E-state index is 0.215. The molecule has 104 valence electrons. The smallest absolute Gasteiger partial charge is 0.158 e. The number of morpholine rings is 1. The molecule has 1 saturated heterocycles. The van der Waals surface area contributed by atoms with Gasteiger partial charge in [-0.1, -0.05) is 12.8 Å². The number of hydrogen-bond donors (Lipinski definition) is 0. The highest BCUT2D eigenvalue weighted by Gasteiger charge is 2.45. The molecule has 0 bridgehead atoms. The van der Waals surface area contributed by atoms with E-state index in [0.29, 0.717) is 12.2 Å². The van der Waals surface area contributed by atoms with E-state index in [2.05, 4.69) is 9.88 Å². The summed E-state index contributed by atoms with van der Waals surface area (Å²) in [6.45, 7) is 3.31. The van der Waals surface area contributed by atoms with Gasteiger partial charge in [0.05, 0.1) is 24.3 Å². The van der Waals surface area contributed by atoms with Gasteiger partial charge >= 0.3 is 0 Å². The van der Waals surface area contributed by atoms with Crippen LogP contribution in [0.4, 0.5) is 0 Å². The summed E-state index contributed by atoms with van der Waals surface area (Å²) in [5.41, 5.74) is 1.59. The Balaban J connectivity index is 1.77. The maximum atomic E-state index is 12.8. The fraction of sp³-hybridized carbons (Fsp3) is 0.714. The minimum Gasteiger partial charge on any atom is -0.379 e. The Morgan fingerprint density at radius 2 is 2.11 bits per heavy atom. The summed E-state index contributed by atoms with van der Waals surface area (Å²) in [5, 5.41) is 0. The third kappa shape index (κ3) is 2.59. The highest BCUT2D eigenvalue weighted by Crippen LogP contribution is 2.37. The Morgan fingerprint density at radius 1 is 1.37 bits per heavy atom. The van der Waals surface area contributed by atoms with Crippen LogP contribution < -0.4 is 0 Å². The van der Waals surface area contributed by atoms with E-state index < -0.39 is 0 Å². The molecule has 5 heteroatoms. The van der Waals surface area contributed by atoms with E-state index >= 15 is 0 Å². The molecule has 0 radical (unpaired) electrons. The first kappa shape index (κ1) is 13.2. The number of carbonyl (C=O) groups is 1. The summed E-state index contributed by atoms with van der Waals surface area (Å²) in [7, 11) is 0. The van der Waals surface area contributed by atoms with Gasteiger partial charge in [0.2, 0.25) is 0 Å². The average molecular weight is 280 g/mol. The van der Waals surface area contributed by atoms with Gasteiger partial charge < -0.3 is 4.74 Å². The lowest BCUT2D eigenvalue weighted by atomic mass is 9.87. The number of hydrogen-bond acceptors (Lipinski definition) is 5. The zero-order valence-corrected chi connectivity index (χ0v) is 12.0. The Labute approximate surface area is 117 Å². The van der Waals surface area contributed by atoms with E-state index in [1.165, 1.54) is 12.8 Å². The van der Waals surface area contributed by atoms with Gasteiger partial charge in [-0.3, -0.25) is 14.7 Å². The Hall–Kier alpha value is -0.780. The number of carbonyl (C=O) groups excluding carboxylic acids is 1. The van der Waals surface area contributed by atoms with Crippen LogP contribution in [0.5, 0.6) is 0 Å². The number of thiazole rings is 1. The molecule has 2 fully saturated rings. The first-order chi connectivity index (χ1) is 9.31. The Morgan fingerprint density at radius 3 is 2.74 bits per heavy atom. The van der Waals surface area contributed by atoms with Gasteiger partial charge in [-0.05, 0) is 12.8 Å². The lowest BCUT2D eigenvalue weighted by molar-refractivity contribution is -0.133. The van der Waals surface area contributed by atoms with Crippen LogP contribution >= 0.6 is 11.3 Å². The molecular formula is C14H20N2O2S. The maximum absolute atomic E-state index is 12.8. The van der Waals surface area contributed by atoms with Crippen LogP contribution in [0.2, 0.25) is 0 Å². The van der Waals surface area contributed by atoms with Crippen LogP contribution in [-0.2, 0) is 16.0 Å². The SMILES string of the molecule is O=C(Cc1cncs1)C1(N2CCOCC2)CCCC1. The molecule has 0 atom stereocenters. The van der Waals surface area contributed by atoms with E-state index in [-0.39, 0.29) is 5.54 Å². The molecule has 1 aromatic heterocycles. The van der Waals surface area contributed by atoms with Gasteiger partial charge in [-0.25, -0.2) is 0 Å². The third-order valence-electron chi connectivity index (χ3n) is 4.38. The van der Waals surface area contributed by atoms with Gasteiger partial charge in [0.15, 0.2) is 5.78 Å². The van der Waals surface area contributed by atoms with Gasteiger partial charge in [0, 0.05) is 30.6 Å². The van der Waals surface area contributed by atoms with Crippen molar-refractivity contribution in [1.29, 1.82) is 0 Å². The zero-order chi connectivity index (χ0) is 13.1. The molecule has 19 heavy (non-hydrogen) atoms. The largest absolute Gasteiger partial charge is 0.379 e. The molecule has 0 aromatic carbocycles. The minimum atomic E-state index is -0.215. The Bertz CT molecular complexity index is 421. The first-order valence-electron chi connectivity index (χ1n) is 7.05. The second kappa shape index (κ2) is 5.69. The normalized spacial score (nSPS) is 23.6. The van der Waals surface area contributed by atoms with Crippen molar-refractivity contribution in [3.8, 4) is 0 Å². The number of Topliss-reactive ketones (excluding diaryl/α,β-unsaturated/α-hetero) is 1. The van der Waals surface area contributed by atoms with E-state index in [0.717, 1.165) is 44.0 Å². The monoisotopic (exact) mass is 280 g/mol. The summed E-state index contributed by atoms with van der Waals surface area (Å²) in [4.78, 5) is 20.4. The van der Waals surface area contributed by atoms with Crippen molar-refractivity contribution in [2.45, 2.75) is 37.6 Å². The van der Waals surface area contributed by atoms with Crippen molar-refractivity contribution in [1.82, 2.24) is 9.88 Å². The van der Waals surface area contributed by atoms with E-state index in [9.17, 15) is 4.79 Å². The molecule has 0 spiro atoms. The second-order valence-corrected chi connectivity index (χ2v) is 6.38. The summed E-state index contributed by atoms with van der Waals surface area (Å²) >= 11 is 1.58. The molecule has 0 N–H and O–H groups in total. The second-order valence-electron chi connectivity index (χ2n) is 5.41. The maximum Gasteiger partial charge on any atom is 0.158 e. The highest BCUT2D eigenvalue weighted by atomic mass is 32.1. The van der Waals surface area contributed by atoms with E-state index in [1.807, 2.05) is 6.20 Å². The standard InChI is InChI=1S/C14H20N2O2S/c17-13(9-12-10-15-11-19-12)14(3-1-2-4-14)16-5-7-18-8-6-16/h10-11H,1-9H2. The van der Waals surface area contributed by atoms with Crippen LogP contribution in [0, 0.1) is 0 Å². The zero-order valence-electron chi connectivity index (χ0n) is 11.1. The van der Waals surface area contributed by atoms with Crippen molar-refractivity contribution in [3.05, 3.63) is 16.6 Å². The summed E-state index contributed by atoms with van der Waals surface area (Å²) in [5.74, 6) is 0.385. The number of aromatic nitrogens is 1. The molecule has 1 saturated carbocycles. The predicted octanol–water partition coefficient (Wildman–Crippen LogP) is 1.90. The van der Waals surface area contributed by atoms with Crippen LogP contribution in [-0.4, -0.2) is 47.5 Å². The molecule has 1 aliphatic heterocycles. The average Bonchev–Trinajstić information content (AvgIpc) is 3.11. The van der Waals surface area contributed by atoms with Gasteiger partial charge in [-0.2, -0.15) is 0 Å². The van der Waals surface area contributed by atoms with Crippen molar-refractivity contribution in [2.24, 2.45) is 0 Å². The molecule has 1 aliphatic carbocycles. The topological polar surface area (TPSA) is 42.4 Å². The molecule has 2 heterocycles. The van der Waals surface area contributed by atoms with Crippen molar-refractivity contribution >= 4 is 17.1 Å². The summed E-state index contributed by atoms with van der Waals surface area (Å²) in [6, 6.07) is 0. The molecule has 2 aliphatic rings. The van der Waals surface area contributed by atoms with Crippen LogP contribution in [0.15, 0.2) is 11.7 Å². The molecule has 1 aromatic rings. The molecule has 4 nitrogen and oxygen atoms in total. The lowest BCUT2D eigenvalue weighted by Gasteiger charge is -2.42. The predicted molar refractivity (Wildman–Crippen MR) is 74.4 cm³/mol. The molecule has 0 amide bonds. The molecule has 0 unspecified atom stereocenters. The van der Waals surface area contributed by atoms with Crippen molar-refractivity contribution in [2.75, 3.05) is 26.3 Å². The van der Waals surface area contributed by atoms with Crippen molar-refractivity contribution in [3.63, 3.8) is 0 Å². The van der Waals surface area contributed by atoms with E-state index in [1.54, 1.807) is 16.8 Å². The van der Waals surface area contributed by atoms with Crippen LogP contribution in [0.25, 0.3) is 0 Å². The summed E-state index contributed by atoms with van der Waals surface area (Å²) in [6.07, 6.45) is 6.75. The lowest BCUT2D eigenvalue weighted by Crippen LogP contribution is -2.57. The molecule has 3 rings (SSSR count). The quantitative estimate of drug-likeness (QED) is 0.845. The molecular weight excluding hydrogens is 260 g/mol. The van der Waals surface area contributed by atoms with Crippen LogP contribution in [0.1, 0.15) is 30.6 Å². The summed E-state index contributed by atoms with van der Waals surface area (Å²) < 4.78 is 5.43. The van der Waals surface area contributed by atoms with Gasteiger partial charge in [-0.15, -0.1) is 11.3 Å². The number of ether oxygens (including phenoxy) is 1. The highest BCUT2D eigenvalue weighted by molar-refractivity contribution is 7.09. The van der Waals surface area contributed by atoms with Gasteiger partial charge in [0.25, 0.3) is 0 Å². The third-order valence-corrected chi connectivity index (χ3v) is 5.16. The van der Waals surface area contributed by atoms with Gasteiger partial charge in [0.1, 0.15) is 0 Å². The fourth-order valence-electron chi connectivity index (χ4n) is 3.37. The van der Waals surface area contributed by atoms with E-state index in [4.69, 9.17) is 4.74 Å². The van der Waals surface area contributed by atoms with Crippen molar-refractivity contribution < 1.29 is 9.53 Å². The number of nitrogens with zero attached hydrogens (tertiary/aromatic N) is 2. The number of rotatable bonds is 4. The number of ketones is 1. The Kier molecular flexibility index (Phi) is 3.96.